The third-order valence-corrected chi connectivity index (χ3v) is 3.62. The Morgan fingerprint density at radius 2 is 1.88 bits per heavy atom. The minimum atomic E-state index is -1.00. The number of hydrogen-bond donors (Lipinski definition) is 4. The topological polar surface area (TPSA) is 124 Å². The Morgan fingerprint density at radius 1 is 1.19 bits per heavy atom. The first-order valence-electron chi connectivity index (χ1n) is 8.55. The molecule has 7 heteroatoms. The predicted octanol–water partition coefficient (Wildman–Crippen LogP) is 2.89. The molecule has 0 aromatic heterocycles. The number of benzene rings is 1. The Bertz CT molecular complexity index is 599. The third kappa shape index (κ3) is 10.1. The summed E-state index contributed by atoms with van der Waals surface area (Å²) in [6.45, 7) is 4.00. The van der Waals surface area contributed by atoms with Crippen LogP contribution in [0.4, 0.5) is 0 Å². The molecule has 0 bridgehead atoms. The number of aliphatic carboxylic acids is 2. The fraction of sp³-hybridized carbons (Fsp3) is 0.421. The van der Waals surface area contributed by atoms with E-state index in [9.17, 15) is 14.4 Å². The molecule has 1 saturated carbocycles. The monoisotopic (exact) mass is 365 g/mol. The van der Waals surface area contributed by atoms with Crippen molar-refractivity contribution in [1.82, 2.24) is 5.32 Å². The summed E-state index contributed by atoms with van der Waals surface area (Å²) < 4.78 is 0. The van der Waals surface area contributed by atoms with E-state index < -0.39 is 11.9 Å². The highest BCUT2D eigenvalue weighted by Crippen LogP contribution is 2.23. The fourth-order valence-electron chi connectivity index (χ4n) is 2.46. The molecule has 1 fully saturated rings. The molecule has 26 heavy (non-hydrogen) atoms. The van der Waals surface area contributed by atoms with Gasteiger partial charge in [0, 0.05) is 12.1 Å². The van der Waals surface area contributed by atoms with Gasteiger partial charge >= 0.3 is 11.9 Å². The summed E-state index contributed by atoms with van der Waals surface area (Å²) in [4.78, 5) is 30.8. The third-order valence-electron chi connectivity index (χ3n) is 3.62. The molecule has 2 atom stereocenters. The van der Waals surface area contributed by atoms with Crippen molar-refractivity contribution < 1.29 is 29.7 Å². The Labute approximate surface area is 153 Å². The standard InChI is InChI=1S/C9H8O3.C8H13NO3.C2H6/c10-8-3-1-2-7(6-8)4-5-9(11)12;10-5-9-7-3-1-2-6(4-7)8(11)12;1-2/h1-6,10H,(H,11,12);5-7H,1-4H2,(H,9,10)(H,11,12);1-2H3/b5-4+;;. The molecule has 2 rings (SSSR count). The maximum Gasteiger partial charge on any atom is 0.328 e. The van der Waals surface area contributed by atoms with E-state index >= 15 is 0 Å². The summed E-state index contributed by atoms with van der Waals surface area (Å²) in [5.41, 5.74) is 0.664. The second kappa shape index (κ2) is 13.5. The predicted molar refractivity (Wildman–Crippen MR) is 98.7 cm³/mol. The molecule has 7 nitrogen and oxygen atoms in total. The number of carboxylic acid groups (broad SMARTS) is 2. The molecule has 0 radical (unpaired) electrons. The highest BCUT2D eigenvalue weighted by molar-refractivity contribution is 5.85. The minimum absolute atomic E-state index is 0.0670. The zero-order valence-corrected chi connectivity index (χ0v) is 15.1. The number of aromatic hydroxyl groups is 1. The summed E-state index contributed by atoms with van der Waals surface area (Å²) in [5.74, 6) is -1.88. The Morgan fingerprint density at radius 3 is 2.42 bits per heavy atom. The number of carboxylic acids is 2. The van der Waals surface area contributed by atoms with Crippen LogP contribution < -0.4 is 5.32 Å². The second-order valence-electron chi connectivity index (χ2n) is 5.45. The number of hydrogen-bond acceptors (Lipinski definition) is 4. The van der Waals surface area contributed by atoms with Crippen molar-refractivity contribution >= 4 is 24.4 Å². The molecule has 0 heterocycles. The van der Waals surface area contributed by atoms with Gasteiger partial charge in [-0.05, 0) is 43.0 Å². The highest BCUT2D eigenvalue weighted by Gasteiger charge is 2.26. The lowest BCUT2D eigenvalue weighted by atomic mass is 9.86. The minimum Gasteiger partial charge on any atom is -0.508 e. The molecule has 4 N–H and O–H groups in total. The van der Waals surface area contributed by atoms with Crippen LogP contribution in [0, 0.1) is 5.92 Å². The van der Waals surface area contributed by atoms with Gasteiger partial charge in [0.1, 0.15) is 5.75 Å². The molecular formula is C19H27NO6. The van der Waals surface area contributed by atoms with E-state index in [1.165, 1.54) is 18.2 Å². The van der Waals surface area contributed by atoms with Crippen molar-refractivity contribution in [2.45, 2.75) is 45.6 Å². The molecule has 2 unspecified atom stereocenters. The van der Waals surface area contributed by atoms with Crippen molar-refractivity contribution in [3.63, 3.8) is 0 Å². The molecule has 0 saturated heterocycles. The van der Waals surface area contributed by atoms with Gasteiger partial charge in [-0.3, -0.25) is 9.59 Å². The number of rotatable bonds is 5. The van der Waals surface area contributed by atoms with Crippen LogP contribution in [0.1, 0.15) is 45.1 Å². The molecule has 1 aromatic rings. The number of phenolic OH excluding ortho intramolecular Hbond substituents is 1. The Kier molecular flexibility index (Phi) is 12.0. The van der Waals surface area contributed by atoms with Gasteiger partial charge in [0.15, 0.2) is 0 Å². The van der Waals surface area contributed by atoms with E-state index in [-0.39, 0.29) is 17.7 Å². The quantitative estimate of drug-likeness (QED) is 0.470. The lowest BCUT2D eigenvalue weighted by Gasteiger charge is -2.25. The molecular weight excluding hydrogens is 338 g/mol. The first kappa shape index (κ1) is 23.2. The summed E-state index contributed by atoms with van der Waals surface area (Å²) >= 11 is 0. The summed E-state index contributed by atoms with van der Waals surface area (Å²) in [5, 5.41) is 28.6. The van der Waals surface area contributed by atoms with Crippen molar-refractivity contribution in [2.24, 2.45) is 5.92 Å². The largest absolute Gasteiger partial charge is 0.508 e. The summed E-state index contributed by atoms with van der Waals surface area (Å²) in [6, 6.07) is 6.44. The van der Waals surface area contributed by atoms with E-state index in [0.29, 0.717) is 18.4 Å². The van der Waals surface area contributed by atoms with Crippen LogP contribution in [0.3, 0.4) is 0 Å². The van der Waals surface area contributed by atoms with Gasteiger partial charge in [0.2, 0.25) is 6.41 Å². The lowest BCUT2D eigenvalue weighted by Crippen LogP contribution is -2.35. The zero-order valence-electron chi connectivity index (χ0n) is 15.1. The van der Waals surface area contributed by atoms with Gasteiger partial charge in [-0.2, -0.15) is 0 Å². The SMILES string of the molecule is CC.O=C(O)/C=C/c1cccc(O)c1.O=CNC1CCCC(C(=O)O)C1. The molecule has 0 spiro atoms. The average molecular weight is 365 g/mol. The van der Waals surface area contributed by atoms with Crippen LogP contribution in [0.2, 0.25) is 0 Å². The van der Waals surface area contributed by atoms with Crippen molar-refractivity contribution in [1.29, 1.82) is 0 Å². The molecule has 1 aliphatic carbocycles. The van der Waals surface area contributed by atoms with Gasteiger partial charge in [-0.25, -0.2) is 4.79 Å². The first-order valence-corrected chi connectivity index (χ1v) is 8.55. The van der Waals surface area contributed by atoms with E-state index in [2.05, 4.69) is 5.32 Å². The van der Waals surface area contributed by atoms with E-state index in [1.807, 2.05) is 13.8 Å². The highest BCUT2D eigenvalue weighted by atomic mass is 16.4. The first-order chi connectivity index (χ1) is 12.4. The zero-order chi connectivity index (χ0) is 19.9. The van der Waals surface area contributed by atoms with Gasteiger partial charge in [-0.15, -0.1) is 0 Å². The number of phenols is 1. The maximum atomic E-state index is 10.6. The Hall–Kier alpha value is -2.83. The van der Waals surface area contributed by atoms with Gasteiger partial charge in [0.05, 0.1) is 5.92 Å². The normalized spacial score (nSPS) is 18.5. The molecule has 1 aromatic carbocycles. The second-order valence-corrected chi connectivity index (χ2v) is 5.45. The van der Waals surface area contributed by atoms with Crippen LogP contribution in [-0.2, 0) is 14.4 Å². The van der Waals surface area contributed by atoms with Crippen LogP contribution in [0.15, 0.2) is 30.3 Å². The smallest absolute Gasteiger partial charge is 0.328 e. The van der Waals surface area contributed by atoms with Gasteiger partial charge in [0.25, 0.3) is 0 Å². The van der Waals surface area contributed by atoms with Gasteiger partial charge in [-0.1, -0.05) is 32.4 Å². The number of carbonyl (C=O) groups is 3. The average Bonchev–Trinajstić information content (AvgIpc) is 2.63. The molecule has 0 aliphatic heterocycles. The van der Waals surface area contributed by atoms with Crippen LogP contribution in [0.5, 0.6) is 5.75 Å². The van der Waals surface area contributed by atoms with Crippen LogP contribution >= 0.6 is 0 Å². The van der Waals surface area contributed by atoms with E-state index in [4.69, 9.17) is 15.3 Å². The van der Waals surface area contributed by atoms with Crippen LogP contribution in [0.25, 0.3) is 6.08 Å². The van der Waals surface area contributed by atoms with Crippen LogP contribution in [-0.4, -0.2) is 39.7 Å². The molecule has 144 valence electrons. The molecule has 1 amide bonds. The number of carbonyl (C=O) groups excluding carboxylic acids is 1. The Balaban J connectivity index is 0.000000439. The number of amides is 1. The van der Waals surface area contributed by atoms with E-state index in [0.717, 1.165) is 25.3 Å². The maximum absolute atomic E-state index is 10.6. The van der Waals surface area contributed by atoms with Gasteiger partial charge < -0.3 is 20.6 Å². The fourth-order valence-corrected chi connectivity index (χ4v) is 2.46. The molecule has 1 aliphatic rings. The van der Waals surface area contributed by atoms with E-state index in [1.54, 1.807) is 12.1 Å². The summed E-state index contributed by atoms with van der Waals surface area (Å²) in [6.07, 6.45) is 6.21. The number of nitrogens with one attached hydrogen (secondary N) is 1. The summed E-state index contributed by atoms with van der Waals surface area (Å²) in [7, 11) is 0. The van der Waals surface area contributed by atoms with Crippen molar-refractivity contribution in [2.75, 3.05) is 0 Å². The lowest BCUT2D eigenvalue weighted by molar-refractivity contribution is -0.143. The van der Waals surface area contributed by atoms with Crippen molar-refractivity contribution in [3.8, 4) is 5.75 Å². The van der Waals surface area contributed by atoms with Crippen molar-refractivity contribution in [3.05, 3.63) is 35.9 Å².